The van der Waals surface area contributed by atoms with Gasteiger partial charge in [-0.2, -0.15) is 4.37 Å². The second kappa shape index (κ2) is 6.72. The van der Waals surface area contributed by atoms with E-state index >= 15 is 0 Å². The van der Waals surface area contributed by atoms with Crippen LogP contribution in [0.5, 0.6) is 0 Å². The first-order valence-electron chi connectivity index (χ1n) is 7.38. The monoisotopic (exact) mass is 323 g/mol. The summed E-state index contributed by atoms with van der Waals surface area (Å²) in [7, 11) is 0. The molecule has 3 heterocycles. The zero-order chi connectivity index (χ0) is 14.7. The number of nitrogens with one attached hydrogen (secondary N) is 1. The summed E-state index contributed by atoms with van der Waals surface area (Å²) in [5, 5.41) is 7.53. The summed E-state index contributed by atoms with van der Waals surface area (Å²) in [5.41, 5.74) is 8.01. The minimum atomic E-state index is 0.579. The van der Waals surface area contributed by atoms with Crippen LogP contribution in [0, 0.1) is 6.92 Å². The first kappa shape index (κ1) is 14.7. The van der Waals surface area contributed by atoms with Crippen molar-refractivity contribution in [3.63, 3.8) is 0 Å². The number of thiazole rings is 1. The van der Waals surface area contributed by atoms with E-state index in [1.807, 2.05) is 12.3 Å². The molecule has 0 atom stereocenters. The molecular weight excluding hydrogens is 302 g/mol. The number of likely N-dealkylation sites (tertiary alicyclic amines) is 1. The molecule has 3 rings (SSSR count). The largest absolute Gasteiger partial charge is 0.382 e. The molecule has 1 aliphatic heterocycles. The Morgan fingerprint density at radius 1 is 1.33 bits per heavy atom. The molecule has 21 heavy (non-hydrogen) atoms. The van der Waals surface area contributed by atoms with E-state index in [0.29, 0.717) is 5.82 Å². The summed E-state index contributed by atoms with van der Waals surface area (Å²) in [5.74, 6) is 0.579. The van der Waals surface area contributed by atoms with Crippen LogP contribution in [0.1, 0.15) is 25.0 Å². The normalized spacial score (nSPS) is 16.2. The molecule has 0 aromatic carbocycles. The SMILES string of the molecule is Cc1csc(-c2c(N)nsc2NCCN2CCCCC2)n1. The molecule has 0 aliphatic carbocycles. The van der Waals surface area contributed by atoms with E-state index in [1.54, 1.807) is 11.3 Å². The van der Waals surface area contributed by atoms with Crippen molar-refractivity contribution in [3.05, 3.63) is 11.1 Å². The minimum absolute atomic E-state index is 0.579. The number of nitrogens with two attached hydrogens (primary N) is 1. The average molecular weight is 323 g/mol. The Labute approximate surface area is 133 Å². The van der Waals surface area contributed by atoms with Gasteiger partial charge in [0, 0.05) is 24.2 Å². The lowest BCUT2D eigenvalue weighted by Gasteiger charge is -2.26. The van der Waals surface area contributed by atoms with Gasteiger partial charge >= 0.3 is 0 Å². The lowest BCUT2D eigenvalue weighted by Crippen LogP contribution is -2.33. The molecule has 3 N–H and O–H groups in total. The van der Waals surface area contributed by atoms with Crippen LogP contribution in [-0.2, 0) is 0 Å². The van der Waals surface area contributed by atoms with Crippen molar-refractivity contribution >= 4 is 33.7 Å². The number of hydrogen-bond donors (Lipinski definition) is 2. The fourth-order valence-corrected chi connectivity index (χ4v) is 4.27. The van der Waals surface area contributed by atoms with Crippen molar-refractivity contribution in [2.24, 2.45) is 0 Å². The third kappa shape index (κ3) is 3.53. The van der Waals surface area contributed by atoms with Gasteiger partial charge in [-0.3, -0.25) is 0 Å². The molecule has 2 aromatic rings. The first-order chi connectivity index (χ1) is 10.2. The Hall–Kier alpha value is -1.18. The summed E-state index contributed by atoms with van der Waals surface area (Å²) in [4.78, 5) is 7.05. The van der Waals surface area contributed by atoms with Crippen LogP contribution in [0.3, 0.4) is 0 Å². The van der Waals surface area contributed by atoms with Gasteiger partial charge in [0.05, 0.1) is 5.56 Å². The fraction of sp³-hybridized carbons (Fsp3) is 0.571. The minimum Gasteiger partial charge on any atom is -0.382 e. The highest BCUT2D eigenvalue weighted by Gasteiger charge is 2.17. The predicted molar refractivity (Wildman–Crippen MR) is 91.2 cm³/mol. The molecule has 0 spiro atoms. The Morgan fingerprint density at radius 2 is 2.14 bits per heavy atom. The zero-order valence-corrected chi connectivity index (χ0v) is 13.9. The molecule has 0 unspecified atom stereocenters. The second-order valence-corrected chi connectivity index (χ2v) is 7.03. The molecular formula is C14H21N5S2. The van der Waals surface area contributed by atoms with Crippen LogP contribution in [0.25, 0.3) is 10.6 Å². The number of aromatic nitrogens is 2. The number of rotatable bonds is 5. The van der Waals surface area contributed by atoms with E-state index in [1.165, 1.54) is 43.9 Å². The molecule has 1 fully saturated rings. The smallest absolute Gasteiger partial charge is 0.149 e. The molecule has 0 bridgehead atoms. The van der Waals surface area contributed by atoms with Gasteiger partial charge in [-0.05, 0) is 44.4 Å². The van der Waals surface area contributed by atoms with E-state index in [2.05, 4.69) is 19.6 Å². The van der Waals surface area contributed by atoms with Crippen LogP contribution in [0.2, 0.25) is 0 Å². The Morgan fingerprint density at radius 3 is 2.86 bits per heavy atom. The van der Waals surface area contributed by atoms with Crippen molar-refractivity contribution in [2.45, 2.75) is 26.2 Å². The molecule has 114 valence electrons. The van der Waals surface area contributed by atoms with Gasteiger partial charge in [0.1, 0.15) is 15.8 Å². The van der Waals surface area contributed by atoms with Crippen LogP contribution in [0.4, 0.5) is 10.8 Å². The molecule has 1 aliphatic rings. The molecule has 2 aromatic heterocycles. The van der Waals surface area contributed by atoms with Gasteiger partial charge in [-0.25, -0.2) is 4.98 Å². The molecule has 1 saturated heterocycles. The van der Waals surface area contributed by atoms with Gasteiger partial charge in [-0.15, -0.1) is 11.3 Å². The van der Waals surface area contributed by atoms with Crippen molar-refractivity contribution in [2.75, 3.05) is 37.2 Å². The number of hydrogen-bond acceptors (Lipinski definition) is 7. The summed E-state index contributed by atoms with van der Waals surface area (Å²) in [6, 6.07) is 0. The summed E-state index contributed by atoms with van der Waals surface area (Å²) in [6.07, 6.45) is 4.04. The predicted octanol–water partition coefficient (Wildman–Crippen LogP) is 3.06. The van der Waals surface area contributed by atoms with Gasteiger partial charge in [-0.1, -0.05) is 6.42 Å². The maximum Gasteiger partial charge on any atom is 0.149 e. The molecule has 5 nitrogen and oxygen atoms in total. The van der Waals surface area contributed by atoms with E-state index in [-0.39, 0.29) is 0 Å². The molecule has 7 heteroatoms. The zero-order valence-electron chi connectivity index (χ0n) is 12.3. The summed E-state index contributed by atoms with van der Waals surface area (Å²) in [6.45, 7) is 6.46. The Kier molecular flexibility index (Phi) is 4.72. The number of nitrogen functional groups attached to an aromatic ring is 1. The van der Waals surface area contributed by atoms with Crippen molar-refractivity contribution in [1.82, 2.24) is 14.3 Å². The summed E-state index contributed by atoms with van der Waals surface area (Å²) < 4.78 is 4.28. The molecule has 0 amide bonds. The quantitative estimate of drug-likeness (QED) is 0.885. The van der Waals surface area contributed by atoms with E-state index in [0.717, 1.165) is 34.4 Å². The fourth-order valence-electron chi connectivity index (χ4n) is 2.61. The standard InChI is InChI=1S/C14H21N5S2/c1-10-9-20-14(17-10)11-12(15)18-21-13(11)16-5-8-19-6-3-2-4-7-19/h9,16H,2-8H2,1H3,(H2,15,18). The third-order valence-corrected chi connectivity index (χ3v) is 5.51. The van der Waals surface area contributed by atoms with Crippen LogP contribution in [-0.4, -0.2) is 40.4 Å². The van der Waals surface area contributed by atoms with Gasteiger partial charge in [0.2, 0.25) is 0 Å². The van der Waals surface area contributed by atoms with Gasteiger partial charge < -0.3 is 16.0 Å². The number of anilines is 2. The first-order valence-corrected chi connectivity index (χ1v) is 9.03. The Bertz CT molecular complexity index is 586. The third-order valence-electron chi connectivity index (χ3n) is 3.71. The van der Waals surface area contributed by atoms with Crippen LogP contribution < -0.4 is 11.1 Å². The number of aryl methyl sites for hydroxylation is 1. The number of nitrogens with zero attached hydrogens (tertiary/aromatic N) is 3. The van der Waals surface area contributed by atoms with Crippen LogP contribution in [0.15, 0.2) is 5.38 Å². The summed E-state index contributed by atoms with van der Waals surface area (Å²) >= 11 is 3.05. The van der Waals surface area contributed by atoms with Gasteiger partial charge in [0.15, 0.2) is 0 Å². The maximum absolute atomic E-state index is 6.01. The van der Waals surface area contributed by atoms with Crippen molar-refractivity contribution in [1.29, 1.82) is 0 Å². The van der Waals surface area contributed by atoms with Crippen molar-refractivity contribution in [3.8, 4) is 10.6 Å². The highest BCUT2D eigenvalue weighted by molar-refractivity contribution is 7.15. The van der Waals surface area contributed by atoms with Crippen LogP contribution >= 0.6 is 22.9 Å². The topological polar surface area (TPSA) is 67.1 Å². The molecule has 0 radical (unpaired) electrons. The number of piperidine rings is 1. The molecule has 0 saturated carbocycles. The highest BCUT2D eigenvalue weighted by Crippen LogP contribution is 2.38. The average Bonchev–Trinajstić information content (AvgIpc) is 3.06. The maximum atomic E-state index is 6.01. The van der Waals surface area contributed by atoms with E-state index in [4.69, 9.17) is 5.73 Å². The highest BCUT2D eigenvalue weighted by atomic mass is 32.1. The van der Waals surface area contributed by atoms with Gasteiger partial charge in [0.25, 0.3) is 0 Å². The Balaban J connectivity index is 1.63. The lowest BCUT2D eigenvalue weighted by atomic mass is 10.1. The lowest BCUT2D eigenvalue weighted by molar-refractivity contribution is 0.237. The van der Waals surface area contributed by atoms with E-state index < -0.39 is 0 Å². The second-order valence-electron chi connectivity index (χ2n) is 5.40. The van der Waals surface area contributed by atoms with E-state index in [9.17, 15) is 0 Å². The van der Waals surface area contributed by atoms with Crippen molar-refractivity contribution < 1.29 is 0 Å².